The summed E-state index contributed by atoms with van der Waals surface area (Å²) in [6.07, 6.45) is 3.48. The number of hydrogen-bond acceptors (Lipinski definition) is 4. The molecule has 6 nitrogen and oxygen atoms in total. The van der Waals surface area contributed by atoms with Gasteiger partial charge in [0.25, 0.3) is 0 Å². The normalized spacial score (nSPS) is 10.8. The summed E-state index contributed by atoms with van der Waals surface area (Å²) in [4.78, 5) is 4.12. The van der Waals surface area contributed by atoms with Crippen LogP contribution in [0.1, 0.15) is 11.5 Å². The van der Waals surface area contributed by atoms with Crippen molar-refractivity contribution < 1.29 is 0 Å². The van der Waals surface area contributed by atoms with Gasteiger partial charge in [0.2, 0.25) is 0 Å². The Balaban J connectivity index is 1.83. The minimum Gasteiger partial charge on any atom is -0.304 e. The lowest BCUT2D eigenvalue weighted by Gasteiger charge is -2.01. The highest BCUT2D eigenvalue weighted by molar-refractivity contribution is 4.98. The van der Waals surface area contributed by atoms with Crippen LogP contribution in [0.3, 0.4) is 0 Å². The number of nitrogens with zero attached hydrogens (tertiary/aromatic N) is 5. The van der Waals surface area contributed by atoms with Crippen LogP contribution in [-0.4, -0.2) is 24.5 Å². The molecule has 6 heteroatoms. The van der Waals surface area contributed by atoms with Gasteiger partial charge in [0, 0.05) is 26.8 Å². The van der Waals surface area contributed by atoms with E-state index >= 15 is 0 Å². The lowest BCUT2D eigenvalue weighted by molar-refractivity contribution is 0.601. The average Bonchev–Trinajstić information content (AvgIpc) is 2.77. The van der Waals surface area contributed by atoms with Crippen molar-refractivity contribution in [3.05, 3.63) is 30.1 Å². The van der Waals surface area contributed by atoms with Crippen molar-refractivity contribution >= 4 is 0 Å². The Morgan fingerprint density at radius 1 is 1.33 bits per heavy atom. The first-order valence-corrected chi connectivity index (χ1v) is 4.78. The van der Waals surface area contributed by atoms with Gasteiger partial charge in [-0.25, -0.2) is 4.98 Å². The van der Waals surface area contributed by atoms with Gasteiger partial charge < -0.3 is 5.32 Å². The van der Waals surface area contributed by atoms with Crippen LogP contribution in [0.15, 0.2) is 18.6 Å². The maximum atomic E-state index is 4.26. The second-order valence-corrected chi connectivity index (χ2v) is 3.38. The monoisotopic (exact) mass is 206 g/mol. The molecule has 2 heterocycles. The van der Waals surface area contributed by atoms with E-state index in [4.69, 9.17) is 0 Å². The Labute approximate surface area is 87.9 Å². The number of nitrogens with one attached hydrogen (secondary N) is 1. The van der Waals surface area contributed by atoms with E-state index in [0.29, 0.717) is 6.54 Å². The maximum Gasteiger partial charge on any atom is 0.140 e. The van der Waals surface area contributed by atoms with E-state index in [0.717, 1.165) is 18.1 Å². The first-order valence-electron chi connectivity index (χ1n) is 4.78. The molecule has 0 aliphatic heterocycles. The highest BCUT2D eigenvalue weighted by atomic mass is 15.3. The van der Waals surface area contributed by atoms with E-state index in [1.807, 2.05) is 26.4 Å². The molecule has 0 aliphatic rings. The summed E-state index contributed by atoms with van der Waals surface area (Å²) in [7, 11) is 3.79. The molecule has 0 radical (unpaired) electrons. The standard InChI is InChI=1S/C9H14N6/c1-14-4-3-8(13-14)5-10-6-9-11-7-12-15(9)2/h3-4,7,10H,5-6H2,1-2H3. The molecule has 80 valence electrons. The van der Waals surface area contributed by atoms with E-state index in [9.17, 15) is 0 Å². The second kappa shape index (κ2) is 4.22. The van der Waals surface area contributed by atoms with Crippen molar-refractivity contribution in [1.82, 2.24) is 29.9 Å². The molecule has 2 aromatic heterocycles. The largest absolute Gasteiger partial charge is 0.304 e. The van der Waals surface area contributed by atoms with Crippen molar-refractivity contribution in [3.63, 3.8) is 0 Å². The molecule has 0 aliphatic carbocycles. The van der Waals surface area contributed by atoms with Gasteiger partial charge in [0.05, 0.1) is 12.2 Å². The van der Waals surface area contributed by atoms with Crippen molar-refractivity contribution in [2.75, 3.05) is 0 Å². The molecule has 0 unspecified atom stereocenters. The minimum absolute atomic E-state index is 0.701. The molecule has 0 bridgehead atoms. The molecule has 0 fully saturated rings. The highest BCUT2D eigenvalue weighted by Gasteiger charge is 2.00. The summed E-state index contributed by atoms with van der Waals surface area (Å²) in [6, 6.07) is 1.99. The van der Waals surface area contributed by atoms with Crippen LogP contribution >= 0.6 is 0 Å². The van der Waals surface area contributed by atoms with Crippen molar-refractivity contribution in [2.24, 2.45) is 14.1 Å². The number of aromatic nitrogens is 5. The summed E-state index contributed by atoms with van der Waals surface area (Å²) in [5, 5.41) is 11.5. The van der Waals surface area contributed by atoms with Gasteiger partial charge in [-0.05, 0) is 6.07 Å². The van der Waals surface area contributed by atoms with Crippen molar-refractivity contribution in [3.8, 4) is 0 Å². The second-order valence-electron chi connectivity index (χ2n) is 3.38. The van der Waals surface area contributed by atoms with Gasteiger partial charge >= 0.3 is 0 Å². The Morgan fingerprint density at radius 2 is 2.20 bits per heavy atom. The first-order chi connectivity index (χ1) is 7.25. The third-order valence-electron chi connectivity index (χ3n) is 2.16. The minimum atomic E-state index is 0.701. The fourth-order valence-electron chi connectivity index (χ4n) is 1.34. The smallest absolute Gasteiger partial charge is 0.140 e. The molecule has 0 amide bonds. The molecule has 15 heavy (non-hydrogen) atoms. The molecular formula is C9H14N6. The van der Waals surface area contributed by atoms with Crippen LogP contribution in [0, 0.1) is 0 Å². The third-order valence-corrected chi connectivity index (χ3v) is 2.16. The van der Waals surface area contributed by atoms with E-state index in [1.54, 1.807) is 15.7 Å². The number of aryl methyl sites for hydroxylation is 2. The molecule has 2 aromatic rings. The van der Waals surface area contributed by atoms with Crippen molar-refractivity contribution in [1.29, 1.82) is 0 Å². The van der Waals surface area contributed by atoms with Crippen LogP contribution < -0.4 is 5.32 Å². The van der Waals surface area contributed by atoms with Gasteiger partial charge in [-0.2, -0.15) is 10.2 Å². The number of rotatable bonds is 4. The molecular weight excluding hydrogens is 192 g/mol. The average molecular weight is 206 g/mol. The molecule has 0 atom stereocenters. The zero-order chi connectivity index (χ0) is 10.7. The van der Waals surface area contributed by atoms with Gasteiger partial charge in [0.1, 0.15) is 12.2 Å². The first kappa shape index (κ1) is 9.85. The third kappa shape index (κ3) is 2.41. The summed E-state index contributed by atoms with van der Waals surface area (Å²) in [6.45, 7) is 1.45. The summed E-state index contributed by atoms with van der Waals surface area (Å²) in [5.74, 6) is 0.922. The lowest BCUT2D eigenvalue weighted by Crippen LogP contribution is -2.16. The van der Waals surface area contributed by atoms with E-state index in [-0.39, 0.29) is 0 Å². The van der Waals surface area contributed by atoms with Gasteiger partial charge in [-0.15, -0.1) is 0 Å². The Bertz CT molecular complexity index is 429. The van der Waals surface area contributed by atoms with Crippen molar-refractivity contribution in [2.45, 2.75) is 13.1 Å². The fourth-order valence-corrected chi connectivity index (χ4v) is 1.34. The zero-order valence-corrected chi connectivity index (χ0v) is 8.88. The quantitative estimate of drug-likeness (QED) is 0.755. The summed E-state index contributed by atoms with van der Waals surface area (Å²) < 4.78 is 3.55. The maximum absolute atomic E-state index is 4.26. The van der Waals surface area contributed by atoms with E-state index in [1.165, 1.54) is 0 Å². The predicted octanol–water partition coefficient (Wildman–Crippen LogP) is -0.162. The van der Waals surface area contributed by atoms with Crippen LogP contribution in [0.25, 0.3) is 0 Å². The van der Waals surface area contributed by atoms with Gasteiger partial charge in [-0.3, -0.25) is 9.36 Å². The fraction of sp³-hybridized carbons (Fsp3) is 0.444. The van der Waals surface area contributed by atoms with E-state index < -0.39 is 0 Å². The molecule has 1 N–H and O–H groups in total. The summed E-state index contributed by atoms with van der Waals surface area (Å²) in [5.41, 5.74) is 1.03. The Kier molecular flexibility index (Phi) is 2.77. The van der Waals surface area contributed by atoms with Crippen LogP contribution in [0.5, 0.6) is 0 Å². The topological polar surface area (TPSA) is 60.6 Å². The SMILES string of the molecule is Cn1ccc(CNCc2ncnn2C)n1. The molecule has 2 rings (SSSR count). The van der Waals surface area contributed by atoms with Crippen LogP contribution in [-0.2, 0) is 27.2 Å². The van der Waals surface area contributed by atoms with Gasteiger partial charge in [0.15, 0.2) is 0 Å². The molecule has 0 aromatic carbocycles. The molecule has 0 saturated heterocycles. The summed E-state index contributed by atoms with van der Waals surface area (Å²) >= 11 is 0. The Morgan fingerprint density at radius 3 is 2.80 bits per heavy atom. The van der Waals surface area contributed by atoms with Crippen LogP contribution in [0.2, 0.25) is 0 Å². The highest BCUT2D eigenvalue weighted by Crippen LogP contribution is 1.95. The lowest BCUT2D eigenvalue weighted by atomic mass is 10.4. The Hall–Kier alpha value is -1.69. The van der Waals surface area contributed by atoms with Gasteiger partial charge in [-0.1, -0.05) is 0 Å². The van der Waals surface area contributed by atoms with Crippen LogP contribution in [0.4, 0.5) is 0 Å². The molecule has 0 spiro atoms. The zero-order valence-electron chi connectivity index (χ0n) is 8.88. The number of hydrogen-bond donors (Lipinski definition) is 1. The van der Waals surface area contributed by atoms with E-state index in [2.05, 4.69) is 20.5 Å². The predicted molar refractivity (Wildman–Crippen MR) is 54.8 cm³/mol. The molecule has 0 saturated carbocycles.